The predicted molar refractivity (Wildman–Crippen MR) is 140 cm³/mol. The zero-order chi connectivity index (χ0) is 24.1. The summed E-state index contributed by atoms with van der Waals surface area (Å²) in [6.07, 6.45) is 1.79. The van der Waals surface area contributed by atoms with Crippen molar-refractivity contribution in [2.45, 2.75) is 10.6 Å². The smallest absolute Gasteiger partial charge is 0.322 e. The van der Waals surface area contributed by atoms with E-state index in [1.807, 2.05) is 24.3 Å². The summed E-state index contributed by atoms with van der Waals surface area (Å²) in [6.45, 7) is -0.159. The maximum Gasteiger partial charge on any atom is 0.322 e. The summed E-state index contributed by atoms with van der Waals surface area (Å²) in [6, 6.07) is 18.0. The number of halogens is 2. The molecule has 0 saturated carbocycles. The molecule has 34 heavy (non-hydrogen) atoms. The monoisotopic (exact) mass is 532 g/mol. The molecule has 1 heterocycles. The molecule has 174 valence electrons. The molecule has 0 atom stereocenters. The number of benzene rings is 3. The van der Waals surface area contributed by atoms with Gasteiger partial charge in [0.25, 0.3) is 5.91 Å². The molecule has 0 radical (unpaired) electrons. The molecule has 0 spiro atoms. The van der Waals surface area contributed by atoms with E-state index in [-0.39, 0.29) is 12.5 Å². The molecule has 0 unspecified atom stereocenters. The standard InChI is InChI=1S/C24H18Cl2N2O4S2/c25-18-2-1-3-19(26)17(18)13-33-32-16-8-9-21-20(11-16)28-24(31)22(34-21)10-14-4-6-15(7-5-14)27-12-23(29)30/h1-11,27H,12-13H2,(H,28,31)(H,29,30)/b22-10-. The van der Waals surface area contributed by atoms with Crippen LogP contribution in [0.3, 0.4) is 0 Å². The number of aliphatic carboxylic acids is 1. The first-order chi connectivity index (χ1) is 16.4. The molecular weight excluding hydrogens is 515 g/mol. The Hall–Kier alpha value is -2.78. The van der Waals surface area contributed by atoms with Crippen LogP contribution in [0.25, 0.3) is 6.08 Å². The van der Waals surface area contributed by atoms with E-state index in [9.17, 15) is 9.59 Å². The Morgan fingerprint density at radius 2 is 1.85 bits per heavy atom. The second-order valence-corrected chi connectivity index (χ2v) is 9.73. The first-order valence-corrected chi connectivity index (χ1v) is 12.5. The van der Waals surface area contributed by atoms with Gasteiger partial charge in [-0.2, -0.15) is 0 Å². The Morgan fingerprint density at radius 3 is 2.56 bits per heavy atom. The highest BCUT2D eigenvalue weighted by Gasteiger charge is 2.21. The third-order valence-corrected chi connectivity index (χ3v) is 7.24. The fourth-order valence-electron chi connectivity index (χ4n) is 3.04. The number of carbonyl (C=O) groups is 2. The number of anilines is 2. The lowest BCUT2D eigenvalue weighted by molar-refractivity contribution is -0.134. The van der Waals surface area contributed by atoms with Crippen molar-refractivity contribution >= 4 is 76.3 Å². The van der Waals surface area contributed by atoms with Crippen molar-refractivity contribution in [2.75, 3.05) is 17.2 Å². The van der Waals surface area contributed by atoms with E-state index in [0.717, 1.165) is 16.0 Å². The van der Waals surface area contributed by atoms with Crippen LogP contribution in [-0.2, 0) is 15.3 Å². The van der Waals surface area contributed by atoms with Crippen molar-refractivity contribution in [3.05, 3.63) is 86.7 Å². The van der Waals surface area contributed by atoms with Crippen molar-refractivity contribution in [1.82, 2.24) is 0 Å². The molecule has 0 fully saturated rings. The molecule has 0 saturated heterocycles. The molecule has 3 aromatic rings. The highest BCUT2D eigenvalue weighted by molar-refractivity contribution is 8.04. The third kappa shape index (κ3) is 6.21. The molecule has 3 N–H and O–H groups in total. The largest absolute Gasteiger partial charge is 0.480 e. The molecule has 1 aliphatic heterocycles. The van der Waals surface area contributed by atoms with Crippen molar-refractivity contribution in [2.24, 2.45) is 0 Å². The maximum atomic E-state index is 12.6. The van der Waals surface area contributed by atoms with E-state index in [2.05, 4.69) is 10.6 Å². The predicted octanol–water partition coefficient (Wildman–Crippen LogP) is 6.80. The number of nitrogens with one attached hydrogen (secondary N) is 2. The van der Waals surface area contributed by atoms with Gasteiger partial charge in [0.05, 0.1) is 28.4 Å². The van der Waals surface area contributed by atoms with Crippen molar-refractivity contribution in [3.8, 4) is 5.75 Å². The van der Waals surface area contributed by atoms with E-state index >= 15 is 0 Å². The first-order valence-electron chi connectivity index (χ1n) is 10.0. The lowest BCUT2D eigenvalue weighted by Crippen LogP contribution is -2.17. The average molecular weight is 533 g/mol. The van der Waals surface area contributed by atoms with Gasteiger partial charge in [0.2, 0.25) is 0 Å². The Morgan fingerprint density at radius 1 is 1.12 bits per heavy atom. The van der Waals surface area contributed by atoms with Gasteiger partial charge in [-0.1, -0.05) is 53.2 Å². The van der Waals surface area contributed by atoms with Crippen LogP contribution in [0.15, 0.2) is 70.5 Å². The summed E-state index contributed by atoms with van der Waals surface area (Å²) < 4.78 is 5.77. The van der Waals surface area contributed by atoms with E-state index < -0.39 is 5.97 Å². The van der Waals surface area contributed by atoms with Crippen LogP contribution in [-0.4, -0.2) is 23.5 Å². The van der Waals surface area contributed by atoms with Crippen molar-refractivity contribution in [3.63, 3.8) is 0 Å². The van der Waals surface area contributed by atoms with Crippen LogP contribution in [0.2, 0.25) is 10.0 Å². The van der Waals surface area contributed by atoms with Gasteiger partial charge in [-0.15, -0.1) is 0 Å². The minimum absolute atomic E-state index is 0.159. The van der Waals surface area contributed by atoms with Crippen LogP contribution in [0.5, 0.6) is 5.75 Å². The summed E-state index contributed by atoms with van der Waals surface area (Å²) in [5.74, 6) is -0.0611. The van der Waals surface area contributed by atoms with E-state index in [1.54, 1.807) is 42.5 Å². The molecular formula is C24H18Cl2N2O4S2. The van der Waals surface area contributed by atoms with Crippen LogP contribution >= 0.6 is 47.0 Å². The van der Waals surface area contributed by atoms with Gasteiger partial charge in [0.15, 0.2) is 0 Å². The molecule has 10 heteroatoms. The fraction of sp³-hybridized carbons (Fsp3) is 0.0833. The minimum Gasteiger partial charge on any atom is -0.480 e. The number of fused-ring (bicyclic) bond motifs is 1. The Kier molecular flexibility index (Phi) is 7.95. The second-order valence-electron chi connectivity index (χ2n) is 7.14. The van der Waals surface area contributed by atoms with Crippen LogP contribution < -0.4 is 14.8 Å². The lowest BCUT2D eigenvalue weighted by Gasteiger charge is -2.19. The molecule has 0 bridgehead atoms. The normalized spacial score (nSPS) is 13.8. The van der Waals surface area contributed by atoms with Gasteiger partial charge < -0.3 is 19.9 Å². The molecule has 0 aliphatic carbocycles. The number of carbonyl (C=O) groups excluding carboxylic acids is 1. The van der Waals surface area contributed by atoms with Crippen LogP contribution in [0.4, 0.5) is 11.4 Å². The fourth-order valence-corrected chi connectivity index (χ4v) is 5.39. The average Bonchev–Trinajstić information content (AvgIpc) is 2.81. The van der Waals surface area contributed by atoms with E-state index in [1.165, 1.54) is 23.8 Å². The van der Waals surface area contributed by atoms with Gasteiger partial charge in [-0.05, 0) is 48.0 Å². The lowest BCUT2D eigenvalue weighted by atomic mass is 10.2. The number of rotatable bonds is 8. The van der Waals surface area contributed by atoms with Gasteiger partial charge in [0.1, 0.15) is 12.3 Å². The number of carboxylic acids is 1. The number of amides is 1. The third-order valence-electron chi connectivity index (χ3n) is 4.72. The molecule has 6 nitrogen and oxygen atoms in total. The zero-order valence-corrected chi connectivity index (χ0v) is 20.7. The van der Waals surface area contributed by atoms with Crippen molar-refractivity contribution in [1.29, 1.82) is 0 Å². The second kappa shape index (κ2) is 11.1. The van der Waals surface area contributed by atoms with Gasteiger partial charge in [-0.3, -0.25) is 9.59 Å². The summed E-state index contributed by atoms with van der Waals surface area (Å²) in [4.78, 5) is 24.7. The molecule has 4 rings (SSSR count). The van der Waals surface area contributed by atoms with Gasteiger partial charge in [0, 0.05) is 32.3 Å². The van der Waals surface area contributed by atoms with Crippen molar-refractivity contribution < 1.29 is 18.9 Å². The number of carboxylic acid groups (broad SMARTS) is 1. The molecule has 0 aromatic heterocycles. The van der Waals surface area contributed by atoms with E-state index in [4.69, 9.17) is 32.5 Å². The number of hydrogen-bond donors (Lipinski definition) is 3. The highest BCUT2D eigenvalue weighted by Crippen LogP contribution is 2.41. The summed E-state index contributed by atoms with van der Waals surface area (Å²) in [5.41, 5.74) is 3.00. The molecule has 3 aromatic carbocycles. The number of thioether (sulfide) groups is 1. The van der Waals surface area contributed by atoms with Gasteiger partial charge >= 0.3 is 5.97 Å². The number of hydrogen-bond acceptors (Lipinski definition) is 6. The summed E-state index contributed by atoms with van der Waals surface area (Å²) in [7, 11) is 0. The summed E-state index contributed by atoms with van der Waals surface area (Å²) in [5, 5.41) is 15.6. The minimum atomic E-state index is -0.933. The first kappa shape index (κ1) is 24.3. The quantitative estimate of drug-likeness (QED) is 0.217. The SMILES string of the molecule is O=C(O)CNc1ccc(/C=C2\Sc3ccc(OSCc4c(Cl)cccc4Cl)cc3NC2=O)cc1. The maximum absolute atomic E-state index is 12.6. The Bertz CT molecular complexity index is 1250. The zero-order valence-electron chi connectivity index (χ0n) is 17.5. The van der Waals surface area contributed by atoms with Crippen LogP contribution in [0, 0.1) is 0 Å². The highest BCUT2D eigenvalue weighted by atomic mass is 35.5. The molecule has 1 amide bonds. The van der Waals surface area contributed by atoms with Crippen LogP contribution in [0.1, 0.15) is 11.1 Å². The summed E-state index contributed by atoms with van der Waals surface area (Å²) >= 11 is 15.0. The Balaban J connectivity index is 1.39. The van der Waals surface area contributed by atoms with E-state index in [0.29, 0.717) is 37.8 Å². The molecule has 1 aliphatic rings. The van der Waals surface area contributed by atoms with Gasteiger partial charge in [-0.25, -0.2) is 0 Å². The topological polar surface area (TPSA) is 87.7 Å². The Labute approximate surface area is 214 Å².